The van der Waals surface area contributed by atoms with Crippen molar-refractivity contribution in [2.75, 3.05) is 25.1 Å². The number of nitrogens with zero attached hydrogens (tertiary/aromatic N) is 2. The minimum Gasteiger partial charge on any atom is -0.340 e. The third kappa shape index (κ3) is 5.21. The summed E-state index contributed by atoms with van der Waals surface area (Å²) in [5, 5.41) is 3.54. The lowest BCUT2D eigenvalue weighted by atomic mass is 9.94. The van der Waals surface area contributed by atoms with Crippen molar-refractivity contribution in [3.63, 3.8) is 0 Å². The van der Waals surface area contributed by atoms with Crippen LogP contribution in [0.3, 0.4) is 0 Å². The van der Waals surface area contributed by atoms with Gasteiger partial charge >= 0.3 is 0 Å². The first kappa shape index (κ1) is 21.9. The van der Waals surface area contributed by atoms with E-state index in [9.17, 15) is 22.8 Å². The van der Waals surface area contributed by atoms with Crippen LogP contribution in [-0.4, -0.2) is 67.0 Å². The summed E-state index contributed by atoms with van der Waals surface area (Å²) in [4.78, 5) is 43.6. The van der Waals surface area contributed by atoms with Crippen molar-refractivity contribution in [2.45, 2.75) is 25.8 Å². The third-order valence-corrected chi connectivity index (χ3v) is 6.00. The second-order valence-corrected chi connectivity index (χ2v) is 9.88. The van der Waals surface area contributed by atoms with Gasteiger partial charge in [-0.3, -0.25) is 19.4 Å². The molecular weight excluding hydrogens is 406 g/mol. The molecular formula is C21H25N3O5S. The Kier molecular flexibility index (Phi) is 6.50. The number of para-hydroxylation sites is 1. The minimum atomic E-state index is -3.41. The van der Waals surface area contributed by atoms with Gasteiger partial charge in [0.15, 0.2) is 15.6 Å². The molecule has 0 bridgehead atoms. The number of sulfone groups is 1. The largest absolute Gasteiger partial charge is 0.340 e. The van der Waals surface area contributed by atoms with Gasteiger partial charge in [0.05, 0.1) is 11.1 Å². The lowest BCUT2D eigenvalue weighted by Gasteiger charge is -2.33. The number of aromatic nitrogens is 1. The Morgan fingerprint density at radius 3 is 2.70 bits per heavy atom. The highest BCUT2D eigenvalue weighted by atomic mass is 32.2. The molecule has 2 aromatic rings. The number of benzene rings is 1. The number of fused-ring (bicyclic) bond motifs is 1. The van der Waals surface area contributed by atoms with Crippen LogP contribution >= 0.6 is 0 Å². The molecule has 9 heteroatoms. The number of piperidine rings is 1. The van der Waals surface area contributed by atoms with E-state index < -0.39 is 33.5 Å². The van der Waals surface area contributed by atoms with Crippen molar-refractivity contribution in [1.82, 2.24) is 15.2 Å². The fourth-order valence-electron chi connectivity index (χ4n) is 3.71. The zero-order valence-electron chi connectivity index (χ0n) is 17.0. The van der Waals surface area contributed by atoms with Gasteiger partial charge in [0.25, 0.3) is 5.91 Å². The Labute approximate surface area is 175 Å². The first-order valence-corrected chi connectivity index (χ1v) is 11.9. The fraction of sp³-hybridized carbons (Fsp3) is 0.429. The zero-order valence-corrected chi connectivity index (χ0v) is 17.8. The molecule has 2 atom stereocenters. The van der Waals surface area contributed by atoms with Crippen LogP contribution < -0.4 is 5.32 Å². The molecule has 0 aliphatic carbocycles. The van der Waals surface area contributed by atoms with E-state index in [1.807, 2.05) is 12.1 Å². The number of hydrogen-bond acceptors (Lipinski definition) is 6. The van der Waals surface area contributed by atoms with Gasteiger partial charge in [-0.2, -0.15) is 0 Å². The normalized spacial score (nSPS) is 18.1. The summed E-state index contributed by atoms with van der Waals surface area (Å²) in [6, 6.07) is 8.12. The van der Waals surface area contributed by atoms with Gasteiger partial charge in [-0.25, -0.2) is 8.42 Å². The lowest BCUT2D eigenvalue weighted by Crippen LogP contribution is -2.51. The molecule has 1 fully saturated rings. The van der Waals surface area contributed by atoms with E-state index in [-0.39, 0.29) is 18.2 Å². The highest BCUT2D eigenvalue weighted by Gasteiger charge is 2.32. The Morgan fingerprint density at radius 2 is 1.97 bits per heavy atom. The molecule has 0 unspecified atom stereocenters. The number of Topliss-reactive ketones (excluding diaryl/α,β-unsaturated/α-hetero) is 1. The zero-order chi connectivity index (χ0) is 21.9. The molecule has 0 spiro atoms. The highest BCUT2D eigenvalue weighted by Crippen LogP contribution is 2.20. The molecule has 160 valence electrons. The van der Waals surface area contributed by atoms with E-state index in [4.69, 9.17) is 0 Å². The van der Waals surface area contributed by atoms with Crippen molar-refractivity contribution in [2.24, 2.45) is 5.92 Å². The summed E-state index contributed by atoms with van der Waals surface area (Å²) in [5.41, 5.74) is 0.939. The van der Waals surface area contributed by atoms with Crippen molar-refractivity contribution < 1.29 is 22.8 Å². The number of hydrogen-bond donors (Lipinski definition) is 1. The maximum Gasteiger partial charge on any atom is 0.254 e. The average molecular weight is 432 g/mol. The third-order valence-electron chi connectivity index (χ3n) is 5.19. The summed E-state index contributed by atoms with van der Waals surface area (Å²) in [5.74, 6) is -2.08. The van der Waals surface area contributed by atoms with Gasteiger partial charge < -0.3 is 10.2 Å². The van der Waals surface area contributed by atoms with Crippen molar-refractivity contribution in [1.29, 1.82) is 0 Å². The molecule has 0 saturated carbocycles. The molecule has 2 heterocycles. The second-order valence-electron chi connectivity index (χ2n) is 7.74. The number of likely N-dealkylation sites (tertiary alicyclic amines) is 1. The van der Waals surface area contributed by atoms with Gasteiger partial charge in [0.1, 0.15) is 11.8 Å². The first-order chi connectivity index (χ1) is 14.2. The predicted molar refractivity (Wildman–Crippen MR) is 113 cm³/mol. The van der Waals surface area contributed by atoms with Crippen LogP contribution in [0.25, 0.3) is 10.9 Å². The first-order valence-electron chi connectivity index (χ1n) is 9.79. The van der Waals surface area contributed by atoms with E-state index in [0.717, 1.165) is 11.6 Å². The number of pyridine rings is 1. The molecule has 8 nitrogen and oxygen atoms in total. The highest BCUT2D eigenvalue weighted by molar-refractivity contribution is 7.91. The SMILES string of the molecule is C[C@@H](NC(=O)c1cccc2cccnc12)C(=O)N1CCC[C@H](C(=O)CS(C)(=O)=O)C1. The van der Waals surface area contributed by atoms with Crippen LogP contribution in [0.1, 0.15) is 30.1 Å². The van der Waals surface area contributed by atoms with Gasteiger partial charge in [-0.1, -0.05) is 18.2 Å². The average Bonchev–Trinajstić information content (AvgIpc) is 2.71. The molecule has 30 heavy (non-hydrogen) atoms. The molecule has 2 amide bonds. The predicted octanol–water partition coefficient (Wildman–Crippen LogP) is 1.21. The van der Waals surface area contributed by atoms with E-state index in [2.05, 4.69) is 10.3 Å². The molecule has 0 radical (unpaired) electrons. The minimum absolute atomic E-state index is 0.170. The van der Waals surface area contributed by atoms with Crippen LogP contribution in [0.15, 0.2) is 36.5 Å². The molecule has 1 N–H and O–H groups in total. The van der Waals surface area contributed by atoms with Crippen LogP contribution in [-0.2, 0) is 19.4 Å². The van der Waals surface area contributed by atoms with Gasteiger partial charge in [0, 0.05) is 36.8 Å². The van der Waals surface area contributed by atoms with Crippen LogP contribution in [0, 0.1) is 5.92 Å². The van der Waals surface area contributed by atoms with Crippen molar-refractivity contribution in [3.05, 3.63) is 42.1 Å². The summed E-state index contributed by atoms with van der Waals surface area (Å²) < 4.78 is 22.8. The molecule has 1 aromatic heterocycles. The number of carbonyl (C=O) groups is 3. The quantitative estimate of drug-likeness (QED) is 0.735. The summed E-state index contributed by atoms with van der Waals surface area (Å²) in [6.45, 7) is 2.24. The van der Waals surface area contributed by atoms with E-state index >= 15 is 0 Å². The maximum atomic E-state index is 12.8. The van der Waals surface area contributed by atoms with Crippen molar-refractivity contribution in [3.8, 4) is 0 Å². The van der Waals surface area contributed by atoms with Crippen LogP contribution in [0.5, 0.6) is 0 Å². The van der Waals surface area contributed by atoms with Crippen LogP contribution in [0.2, 0.25) is 0 Å². The van der Waals surface area contributed by atoms with E-state index in [1.54, 1.807) is 31.3 Å². The van der Waals surface area contributed by atoms with Gasteiger partial charge in [-0.05, 0) is 31.9 Å². The molecule has 3 rings (SSSR count). The number of ketones is 1. The number of rotatable bonds is 6. The number of nitrogens with one attached hydrogen (secondary N) is 1. The molecule has 1 aromatic carbocycles. The molecule has 1 aliphatic rings. The Hall–Kier alpha value is -2.81. The maximum absolute atomic E-state index is 12.8. The lowest BCUT2D eigenvalue weighted by molar-refractivity contribution is -0.136. The van der Waals surface area contributed by atoms with Gasteiger partial charge in [0.2, 0.25) is 5.91 Å². The molecule has 1 saturated heterocycles. The summed E-state index contributed by atoms with van der Waals surface area (Å²) >= 11 is 0. The summed E-state index contributed by atoms with van der Waals surface area (Å²) in [7, 11) is -3.41. The second kappa shape index (κ2) is 8.91. The van der Waals surface area contributed by atoms with E-state index in [1.165, 1.54) is 4.90 Å². The number of amides is 2. The Bertz CT molecular complexity index is 1080. The van der Waals surface area contributed by atoms with E-state index in [0.29, 0.717) is 30.5 Å². The van der Waals surface area contributed by atoms with Gasteiger partial charge in [-0.15, -0.1) is 0 Å². The standard InChI is InChI=1S/C21H25N3O5S/c1-14(23-20(26)17-9-3-6-15-7-4-10-22-19(15)17)21(27)24-11-5-8-16(12-24)18(25)13-30(2,28)29/h3-4,6-7,9-10,14,16H,5,8,11-13H2,1-2H3,(H,23,26)/t14-,16+/m1/s1. The number of carbonyl (C=O) groups excluding carboxylic acids is 3. The monoisotopic (exact) mass is 431 g/mol. The Balaban J connectivity index is 1.66. The Morgan fingerprint density at radius 1 is 1.23 bits per heavy atom. The van der Waals surface area contributed by atoms with Crippen LogP contribution in [0.4, 0.5) is 0 Å². The molecule has 1 aliphatic heterocycles. The summed E-state index contributed by atoms with van der Waals surface area (Å²) in [6.07, 6.45) is 3.80. The van der Waals surface area contributed by atoms with Crippen molar-refractivity contribution >= 4 is 38.3 Å². The fourth-order valence-corrected chi connectivity index (χ4v) is 4.47. The smallest absolute Gasteiger partial charge is 0.254 e. The topological polar surface area (TPSA) is 114 Å².